The van der Waals surface area contributed by atoms with E-state index >= 15 is 4.39 Å². The van der Waals surface area contributed by atoms with E-state index in [0.29, 0.717) is 4.90 Å². The van der Waals surface area contributed by atoms with Crippen LogP contribution in [0.1, 0.15) is 19.8 Å². The molecule has 2 saturated heterocycles. The normalized spacial score (nSPS) is 37.6. The third kappa shape index (κ3) is 1.67. The van der Waals surface area contributed by atoms with Gasteiger partial charge in [0.05, 0.1) is 12.8 Å². The summed E-state index contributed by atoms with van der Waals surface area (Å²) in [6.07, 6.45) is -3.02. The van der Waals surface area contributed by atoms with Crippen molar-refractivity contribution in [2.24, 2.45) is 0 Å². The van der Waals surface area contributed by atoms with E-state index in [-0.39, 0.29) is 12.8 Å². The lowest BCUT2D eigenvalue weighted by atomic mass is 10.0. The molecule has 0 aliphatic carbocycles. The SMILES string of the molecule is CCC(=O)OC1[C@H](CO)O[C@@H]2[N+]3=CCC(=O)N(C3=O)C12F. The van der Waals surface area contributed by atoms with Crippen LogP contribution in [0.25, 0.3) is 0 Å². The van der Waals surface area contributed by atoms with Crippen molar-refractivity contribution in [3.05, 3.63) is 0 Å². The fourth-order valence-corrected chi connectivity index (χ4v) is 2.86. The van der Waals surface area contributed by atoms with Gasteiger partial charge in [-0.05, 0) is 0 Å². The van der Waals surface area contributed by atoms with Gasteiger partial charge in [0.2, 0.25) is 6.10 Å². The number of esters is 1. The summed E-state index contributed by atoms with van der Waals surface area (Å²) in [6, 6.07) is -0.854. The van der Waals surface area contributed by atoms with E-state index in [1.54, 1.807) is 0 Å². The summed E-state index contributed by atoms with van der Waals surface area (Å²) in [4.78, 5) is 35.8. The molecule has 3 amide bonds. The van der Waals surface area contributed by atoms with Crippen LogP contribution in [0.2, 0.25) is 0 Å². The molecule has 0 aromatic heterocycles. The van der Waals surface area contributed by atoms with E-state index in [2.05, 4.69) is 0 Å². The van der Waals surface area contributed by atoms with Crippen LogP contribution in [0, 0.1) is 0 Å². The summed E-state index contributed by atoms with van der Waals surface area (Å²) in [5.74, 6) is -4.07. The summed E-state index contributed by atoms with van der Waals surface area (Å²) >= 11 is 0. The van der Waals surface area contributed by atoms with Crippen LogP contribution in [0.4, 0.5) is 9.18 Å². The van der Waals surface area contributed by atoms with Gasteiger partial charge in [0.1, 0.15) is 12.5 Å². The van der Waals surface area contributed by atoms with Crippen molar-refractivity contribution in [3.8, 4) is 0 Å². The van der Waals surface area contributed by atoms with Gasteiger partial charge in [-0.15, -0.1) is 4.90 Å². The van der Waals surface area contributed by atoms with Gasteiger partial charge < -0.3 is 14.6 Å². The van der Waals surface area contributed by atoms with Gasteiger partial charge in [-0.2, -0.15) is 13.8 Å². The topological polar surface area (TPSA) is 96.2 Å². The molecular weight excluding hydrogens is 287 g/mol. The first kappa shape index (κ1) is 14.1. The number of hydrogen-bond acceptors (Lipinski definition) is 6. The minimum absolute atomic E-state index is 0.00682. The molecule has 3 aliphatic rings. The van der Waals surface area contributed by atoms with Crippen molar-refractivity contribution in [1.82, 2.24) is 4.90 Å². The van der Waals surface area contributed by atoms with Crippen molar-refractivity contribution >= 4 is 24.1 Å². The summed E-state index contributed by atoms with van der Waals surface area (Å²) in [7, 11) is 0. The van der Waals surface area contributed by atoms with Gasteiger partial charge in [0, 0.05) is 6.42 Å². The van der Waals surface area contributed by atoms with E-state index in [9.17, 15) is 19.5 Å². The Morgan fingerprint density at radius 3 is 3.00 bits per heavy atom. The lowest BCUT2D eigenvalue weighted by Gasteiger charge is -2.26. The Hall–Kier alpha value is -1.87. The fourth-order valence-electron chi connectivity index (χ4n) is 2.86. The van der Waals surface area contributed by atoms with Crippen LogP contribution in [0.3, 0.4) is 0 Å². The number of hydrogen-bond donors (Lipinski definition) is 1. The third-order valence-electron chi connectivity index (χ3n) is 3.83. The van der Waals surface area contributed by atoms with Crippen molar-refractivity contribution in [3.63, 3.8) is 0 Å². The first-order chi connectivity index (χ1) is 9.94. The molecule has 0 spiro atoms. The molecule has 9 heteroatoms. The van der Waals surface area contributed by atoms with Gasteiger partial charge in [-0.25, -0.2) is 4.79 Å². The van der Waals surface area contributed by atoms with E-state index in [1.807, 2.05) is 0 Å². The quantitative estimate of drug-likeness (QED) is 0.414. The third-order valence-corrected chi connectivity index (χ3v) is 3.83. The largest absolute Gasteiger partial charge is 0.505 e. The number of ether oxygens (including phenoxy) is 2. The number of fused-ring (bicyclic) bond motifs is 5. The van der Waals surface area contributed by atoms with Crippen LogP contribution in [-0.4, -0.2) is 69.5 Å². The molecule has 0 saturated carbocycles. The average Bonchev–Trinajstić information content (AvgIpc) is 2.79. The highest BCUT2D eigenvalue weighted by Gasteiger charge is 2.80. The zero-order chi connectivity index (χ0) is 15.4. The molecule has 0 radical (unpaired) electrons. The Morgan fingerprint density at radius 2 is 2.38 bits per heavy atom. The second-order valence-corrected chi connectivity index (χ2v) is 5.01. The molecule has 3 aliphatic heterocycles. The smallest absolute Gasteiger partial charge is 0.451 e. The molecule has 0 aromatic carbocycles. The van der Waals surface area contributed by atoms with Crippen LogP contribution in [0.5, 0.6) is 0 Å². The number of aliphatic hydroxyl groups is 1. The Morgan fingerprint density at radius 1 is 1.67 bits per heavy atom. The Balaban J connectivity index is 2.04. The van der Waals surface area contributed by atoms with Gasteiger partial charge >= 0.3 is 23.7 Å². The molecular formula is C12H14FN2O6+. The standard InChI is InChI=1S/C12H14FN2O6/c1-2-8(18)21-9-6(5-16)20-10-12(9,13)15-7(17)3-4-14(10)11(15)19/h4,6,9-10,16H,2-3,5H2,1H3/q+1/t6-,9?,10-,12?/m0/s1. The van der Waals surface area contributed by atoms with Crippen molar-refractivity contribution in [1.29, 1.82) is 0 Å². The molecule has 2 unspecified atom stereocenters. The highest BCUT2D eigenvalue weighted by atomic mass is 19.1. The number of carbonyl (C=O) groups excluding carboxylic acids is 3. The number of halogens is 1. The maximum atomic E-state index is 15.5. The number of amides is 3. The molecule has 3 rings (SSSR count). The fraction of sp³-hybridized carbons (Fsp3) is 0.667. The molecule has 1 N–H and O–H groups in total. The minimum atomic E-state index is -2.63. The number of imide groups is 1. The average molecular weight is 301 g/mol. The van der Waals surface area contributed by atoms with Crippen molar-refractivity contribution in [2.75, 3.05) is 6.61 Å². The number of rotatable bonds is 3. The first-order valence-corrected chi connectivity index (χ1v) is 6.58. The number of nitrogens with zero attached hydrogens (tertiary/aromatic N) is 2. The molecule has 2 bridgehead atoms. The van der Waals surface area contributed by atoms with Crippen LogP contribution in [0.15, 0.2) is 0 Å². The molecule has 0 aromatic rings. The van der Waals surface area contributed by atoms with Gasteiger partial charge in [-0.1, -0.05) is 6.92 Å². The number of aliphatic hydroxyl groups excluding tert-OH is 1. The van der Waals surface area contributed by atoms with E-state index < -0.39 is 48.7 Å². The Kier molecular flexibility index (Phi) is 3.06. The van der Waals surface area contributed by atoms with Crippen molar-refractivity contribution < 1.29 is 37.9 Å². The molecule has 2 fully saturated rings. The summed E-state index contributed by atoms with van der Waals surface area (Å²) in [6.45, 7) is 0.920. The molecule has 114 valence electrons. The van der Waals surface area contributed by atoms with E-state index in [0.717, 1.165) is 4.58 Å². The van der Waals surface area contributed by atoms with Gasteiger partial charge in [-0.3, -0.25) is 4.79 Å². The Bertz CT molecular complexity index is 564. The maximum Gasteiger partial charge on any atom is 0.505 e. The van der Waals surface area contributed by atoms with Crippen LogP contribution in [-0.2, 0) is 19.1 Å². The predicted octanol–water partition coefficient (Wildman–Crippen LogP) is -0.860. The number of urea groups is 1. The minimum Gasteiger partial charge on any atom is -0.451 e. The maximum absolute atomic E-state index is 15.5. The lowest BCUT2D eigenvalue weighted by Crippen LogP contribution is -2.57. The zero-order valence-electron chi connectivity index (χ0n) is 11.2. The van der Waals surface area contributed by atoms with Gasteiger partial charge in [0.15, 0.2) is 0 Å². The zero-order valence-corrected chi connectivity index (χ0v) is 11.2. The molecule has 4 atom stereocenters. The van der Waals surface area contributed by atoms with E-state index in [4.69, 9.17) is 9.47 Å². The van der Waals surface area contributed by atoms with Crippen molar-refractivity contribution in [2.45, 2.75) is 44.0 Å². The number of carbonyl (C=O) groups is 3. The van der Waals surface area contributed by atoms with Crippen LogP contribution >= 0.6 is 0 Å². The highest BCUT2D eigenvalue weighted by molar-refractivity contribution is 6.03. The highest BCUT2D eigenvalue weighted by Crippen LogP contribution is 2.46. The second kappa shape index (κ2) is 4.57. The first-order valence-electron chi connectivity index (χ1n) is 6.58. The summed E-state index contributed by atoms with van der Waals surface area (Å²) in [5.41, 5.74) is 0. The lowest BCUT2D eigenvalue weighted by molar-refractivity contribution is -0.520. The van der Waals surface area contributed by atoms with Crippen LogP contribution < -0.4 is 0 Å². The molecule has 8 nitrogen and oxygen atoms in total. The molecule has 3 heterocycles. The number of alkyl halides is 1. The Labute approximate surface area is 118 Å². The molecule has 21 heavy (non-hydrogen) atoms. The summed E-state index contributed by atoms with van der Waals surface area (Å²) < 4.78 is 26.7. The summed E-state index contributed by atoms with van der Waals surface area (Å²) in [5, 5.41) is 9.29. The monoisotopic (exact) mass is 301 g/mol. The van der Waals surface area contributed by atoms with Gasteiger partial charge in [0.25, 0.3) is 6.23 Å². The second-order valence-electron chi connectivity index (χ2n) is 5.01. The predicted molar refractivity (Wildman–Crippen MR) is 62.9 cm³/mol. The van der Waals surface area contributed by atoms with E-state index in [1.165, 1.54) is 13.1 Å².